The number of carbonyl (C=O) groups is 1. The Morgan fingerprint density at radius 1 is 1.11 bits per heavy atom. The fourth-order valence-electron chi connectivity index (χ4n) is 4.56. The summed E-state index contributed by atoms with van der Waals surface area (Å²) in [4.78, 5) is 13.1. The zero-order valence-electron chi connectivity index (χ0n) is 21.8. The van der Waals surface area contributed by atoms with E-state index in [1.54, 1.807) is 34.8 Å². The number of benzene rings is 2. The third-order valence-electron chi connectivity index (χ3n) is 6.97. The van der Waals surface area contributed by atoms with Gasteiger partial charge in [0.1, 0.15) is 17.7 Å². The molecular formula is C27H33F3N4O3S. The van der Waals surface area contributed by atoms with Gasteiger partial charge < -0.3 is 5.01 Å². The lowest BCUT2D eigenvalue weighted by atomic mass is 9.90. The molecule has 4 rings (SSSR count). The first-order chi connectivity index (χ1) is 17.9. The van der Waals surface area contributed by atoms with E-state index in [0.29, 0.717) is 50.7 Å². The molecule has 2 heterocycles. The van der Waals surface area contributed by atoms with Crippen molar-refractivity contribution < 1.29 is 26.4 Å². The minimum Gasteiger partial charge on any atom is -0.313 e. The molecule has 0 bridgehead atoms. The minimum absolute atomic E-state index is 0.0525. The molecule has 2 aromatic rings. The second kappa shape index (κ2) is 11.2. The fraction of sp³-hybridized carbons (Fsp3) is 0.444. The molecular weight excluding hydrogens is 517 g/mol. The number of hydrazine groups is 1. The monoisotopic (exact) mass is 550 g/mol. The molecule has 1 spiro atoms. The Bertz CT molecular complexity index is 1230. The molecule has 2 N–H and O–H groups in total. The lowest BCUT2D eigenvalue weighted by Gasteiger charge is -2.38. The number of hydrogen-bond acceptors (Lipinski definition) is 6. The topological polar surface area (TPSA) is 79.1 Å². The van der Waals surface area contributed by atoms with E-state index in [2.05, 4.69) is 4.90 Å². The van der Waals surface area contributed by atoms with Gasteiger partial charge in [-0.2, -0.15) is 0 Å². The largest absolute Gasteiger partial charge is 0.313 e. The quantitative estimate of drug-likeness (QED) is 0.240. The number of nitrogens with two attached hydrogens (primary N) is 1. The first-order valence-corrected chi connectivity index (χ1v) is 13.5. The number of likely N-dealkylation sites (tertiary alicyclic amines) is 1. The molecule has 2 aliphatic heterocycles. The number of carbonyl (C=O) groups excluding carboxylic acids is 1. The summed E-state index contributed by atoms with van der Waals surface area (Å²) in [6.07, 6.45) is 3.81. The second-order valence-electron chi connectivity index (χ2n) is 10.9. The lowest BCUT2D eigenvalue weighted by molar-refractivity contribution is 0.0377. The van der Waals surface area contributed by atoms with Gasteiger partial charge in [0.05, 0.1) is 12.2 Å². The van der Waals surface area contributed by atoms with E-state index in [-0.39, 0.29) is 12.0 Å². The highest BCUT2D eigenvalue weighted by atomic mass is 32.2. The number of rotatable bonds is 7. The molecule has 2 fully saturated rings. The summed E-state index contributed by atoms with van der Waals surface area (Å²) in [6, 6.07) is 8.30. The van der Waals surface area contributed by atoms with Crippen LogP contribution in [0, 0.1) is 17.5 Å². The van der Waals surface area contributed by atoms with Gasteiger partial charge in [-0.1, -0.05) is 0 Å². The minimum atomic E-state index is -1.65. The van der Waals surface area contributed by atoms with Crippen LogP contribution in [0.15, 0.2) is 48.2 Å². The Kier molecular flexibility index (Phi) is 8.32. The van der Waals surface area contributed by atoms with Gasteiger partial charge in [-0.15, -0.1) is 0 Å². The highest BCUT2D eigenvalue weighted by molar-refractivity contribution is 7.82. The van der Waals surface area contributed by atoms with Crippen molar-refractivity contribution >= 4 is 23.2 Å². The van der Waals surface area contributed by atoms with Gasteiger partial charge in [0.2, 0.25) is 0 Å². The van der Waals surface area contributed by atoms with Gasteiger partial charge in [0, 0.05) is 43.0 Å². The van der Waals surface area contributed by atoms with Crippen LogP contribution in [0.25, 0.3) is 0 Å². The van der Waals surface area contributed by atoms with E-state index in [4.69, 9.17) is 10.0 Å². The SMILES string of the molecule is CC(C)(C)N(N)C=C(Cc1cc(F)c(F)cc1F)CN1CCC2(CC1)CN(c1ccc(C=O)cc1)S(=O)O2. The smallest absolute Gasteiger partial charge is 0.265 e. The van der Waals surface area contributed by atoms with Crippen LogP contribution >= 0.6 is 0 Å². The molecule has 7 nitrogen and oxygen atoms in total. The summed E-state index contributed by atoms with van der Waals surface area (Å²) in [5, 5.41) is 1.53. The van der Waals surface area contributed by atoms with Crippen molar-refractivity contribution in [2.75, 3.05) is 30.5 Å². The Balaban J connectivity index is 1.45. The summed E-state index contributed by atoms with van der Waals surface area (Å²) in [5.41, 5.74) is 1.08. The normalized spacial score (nSPS) is 20.2. The van der Waals surface area contributed by atoms with Gasteiger partial charge >= 0.3 is 0 Å². The summed E-state index contributed by atoms with van der Waals surface area (Å²) >= 11 is -1.65. The van der Waals surface area contributed by atoms with Crippen LogP contribution in [0.1, 0.15) is 49.5 Å². The van der Waals surface area contributed by atoms with Gasteiger partial charge in [-0.05, 0) is 81.5 Å². The molecule has 38 heavy (non-hydrogen) atoms. The van der Waals surface area contributed by atoms with Crippen LogP contribution in [0.3, 0.4) is 0 Å². The van der Waals surface area contributed by atoms with E-state index >= 15 is 0 Å². The highest BCUT2D eigenvalue weighted by Gasteiger charge is 2.46. The van der Waals surface area contributed by atoms with Crippen LogP contribution in [0.5, 0.6) is 0 Å². The average Bonchev–Trinajstić information content (AvgIpc) is 3.19. The van der Waals surface area contributed by atoms with Crippen molar-refractivity contribution in [2.45, 2.75) is 51.2 Å². The molecule has 206 valence electrons. The average molecular weight is 551 g/mol. The summed E-state index contributed by atoms with van der Waals surface area (Å²) in [7, 11) is 0. The number of aldehydes is 1. The van der Waals surface area contributed by atoms with Crippen molar-refractivity contribution in [3.05, 3.63) is 76.7 Å². The molecule has 0 saturated carbocycles. The first-order valence-electron chi connectivity index (χ1n) is 12.4. The van der Waals surface area contributed by atoms with Crippen molar-refractivity contribution in [2.24, 2.45) is 5.84 Å². The van der Waals surface area contributed by atoms with E-state index in [1.165, 1.54) is 5.01 Å². The maximum atomic E-state index is 14.4. The molecule has 2 saturated heterocycles. The Hall–Kier alpha value is -2.73. The van der Waals surface area contributed by atoms with Crippen molar-refractivity contribution in [3.8, 4) is 0 Å². The molecule has 0 amide bonds. The zero-order chi connectivity index (χ0) is 27.7. The van der Waals surface area contributed by atoms with Crippen LogP contribution < -0.4 is 10.1 Å². The van der Waals surface area contributed by atoms with Gasteiger partial charge in [-0.3, -0.25) is 18.2 Å². The van der Waals surface area contributed by atoms with Gasteiger partial charge in [-0.25, -0.2) is 23.2 Å². The predicted octanol–water partition coefficient (Wildman–Crippen LogP) is 4.27. The standard InChI is InChI=1S/C27H33F3N4O3S/c1-26(2,3)34(31)16-20(12-21-13-24(29)25(30)14-23(21)28)15-32-10-8-27(9-11-32)18-33(38(36)37-27)22-6-4-19(17-35)5-7-22/h4-7,13-14,16-17H,8-12,15,18,31H2,1-3H3. The number of anilines is 1. The van der Waals surface area contributed by atoms with Crippen molar-refractivity contribution in [3.63, 3.8) is 0 Å². The number of piperidine rings is 1. The summed E-state index contributed by atoms with van der Waals surface area (Å²) < 4.78 is 62.2. The Morgan fingerprint density at radius 2 is 1.74 bits per heavy atom. The molecule has 1 atom stereocenters. The van der Waals surface area contributed by atoms with E-state index < -0.39 is 39.9 Å². The first kappa shape index (κ1) is 28.3. The molecule has 0 radical (unpaired) electrons. The van der Waals surface area contributed by atoms with Crippen LogP contribution in [-0.4, -0.2) is 57.7 Å². The van der Waals surface area contributed by atoms with E-state index in [9.17, 15) is 22.2 Å². The third-order valence-corrected chi connectivity index (χ3v) is 8.17. The summed E-state index contributed by atoms with van der Waals surface area (Å²) in [5.74, 6) is 3.10. The highest BCUT2D eigenvalue weighted by Crippen LogP contribution is 2.37. The number of halogens is 3. The van der Waals surface area contributed by atoms with Crippen LogP contribution in [-0.2, 0) is 21.9 Å². The maximum Gasteiger partial charge on any atom is 0.265 e. The number of hydrogen-bond donors (Lipinski definition) is 1. The van der Waals surface area contributed by atoms with E-state index in [0.717, 1.165) is 23.6 Å². The molecule has 0 aromatic heterocycles. The molecule has 11 heteroatoms. The van der Waals surface area contributed by atoms with Crippen LogP contribution in [0.2, 0.25) is 0 Å². The summed E-state index contributed by atoms with van der Waals surface area (Å²) in [6.45, 7) is 7.95. The second-order valence-corrected chi connectivity index (χ2v) is 11.9. The predicted molar refractivity (Wildman–Crippen MR) is 141 cm³/mol. The molecule has 1 unspecified atom stereocenters. The number of nitrogens with zero attached hydrogens (tertiary/aromatic N) is 3. The van der Waals surface area contributed by atoms with E-state index in [1.807, 2.05) is 20.8 Å². The molecule has 0 aliphatic carbocycles. The van der Waals surface area contributed by atoms with Gasteiger partial charge in [0.15, 0.2) is 11.6 Å². The zero-order valence-corrected chi connectivity index (χ0v) is 22.6. The Morgan fingerprint density at radius 3 is 2.34 bits per heavy atom. The van der Waals surface area contributed by atoms with Gasteiger partial charge in [0.25, 0.3) is 11.3 Å². The van der Waals surface area contributed by atoms with Crippen molar-refractivity contribution in [1.29, 1.82) is 0 Å². The molecule has 2 aliphatic rings. The fourth-order valence-corrected chi connectivity index (χ4v) is 5.80. The maximum absolute atomic E-state index is 14.4. The molecule has 2 aromatic carbocycles. The van der Waals surface area contributed by atoms with Crippen molar-refractivity contribution in [1.82, 2.24) is 9.91 Å². The lowest BCUT2D eigenvalue weighted by Crippen LogP contribution is -2.48. The Labute approximate surface area is 223 Å². The third kappa shape index (κ3) is 6.45. The van der Waals surface area contributed by atoms with Crippen LogP contribution in [0.4, 0.5) is 18.9 Å².